The monoisotopic (exact) mass is 226 g/mol. The molecule has 0 aliphatic carbocycles. The van der Waals surface area contributed by atoms with E-state index in [0.29, 0.717) is 0 Å². The van der Waals surface area contributed by atoms with Gasteiger partial charge in [0.2, 0.25) is 0 Å². The third-order valence-corrected chi connectivity index (χ3v) is 3.68. The largest absolute Gasteiger partial charge is 0.241 e. The Hall–Kier alpha value is -1.74. The predicted octanol–water partition coefficient (Wildman–Crippen LogP) is 3.67. The number of aromatic nitrogens is 2. The summed E-state index contributed by atoms with van der Waals surface area (Å²) in [5, 5.41) is 1.16. The molecule has 2 heterocycles. The van der Waals surface area contributed by atoms with Gasteiger partial charge in [-0.1, -0.05) is 30.3 Å². The number of aryl methyl sites for hydroxylation is 1. The fourth-order valence-corrected chi connectivity index (χ4v) is 2.77. The summed E-state index contributed by atoms with van der Waals surface area (Å²) in [4.78, 5) is 10.8. The van der Waals surface area contributed by atoms with Crippen LogP contribution in [0.2, 0.25) is 0 Å². The Bertz CT molecular complexity index is 629. The van der Waals surface area contributed by atoms with Gasteiger partial charge in [-0.25, -0.2) is 9.97 Å². The van der Waals surface area contributed by atoms with Gasteiger partial charge in [0.05, 0.1) is 0 Å². The lowest BCUT2D eigenvalue weighted by molar-refractivity contribution is 1.16. The summed E-state index contributed by atoms with van der Waals surface area (Å²) < 4.78 is 0. The number of benzene rings is 1. The third-order valence-electron chi connectivity index (χ3n) is 2.59. The first-order chi connectivity index (χ1) is 7.84. The van der Waals surface area contributed by atoms with Gasteiger partial charge in [-0.3, -0.25) is 0 Å². The van der Waals surface area contributed by atoms with Gasteiger partial charge in [-0.05, 0) is 18.6 Å². The second-order valence-electron chi connectivity index (χ2n) is 3.65. The van der Waals surface area contributed by atoms with Crippen LogP contribution < -0.4 is 0 Å². The average Bonchev–Trinajstić information content (AvgIpc) is 2.76. The highest BCUT2D eigenvalue weighted by molar-refractivity contribution is 7.21. The molecule has 0 saturated carbocycles. The first kappa shape index (κ1) is 9.48. The quantitative estimate of drug-likeness (QED) is 0.632. The van der Waals surface area contributed by atoms with E-state index in [1.807, 2.05) is 13.0 Å². The second-order valence-corrected chi connectivity index (χ2v) is 4.69. The van der Waals surface area contributed by atoms with Crippen molar-refractivity contribution in [2.45, 2.75) is 6.92 Å². The van der Waals surface area contributed by atoms with Gasteiger partial charge < -0.3 is 0 Å². The molecule has 16 heavy (non-hydrogen) atoms. The van der Waals surface area contributed by atoms with Gasteiger partial charge in [0.15, 0.2) is 0 Å². The molecular weight excluding hydrogens is 216 g/mol. The Morgan fingerprint density at radius 2 is 1.88 bits per heavy atom. The molecule has 0 bridgehead atoms. The molecule has 0 amide bonds. The number of fused-ring (bicyclic) bond motifs is 1. The molecule has 0 spiro atoms. The molecule has 0 saturated heterocycles. The number of nitrogens with zero attached hydrogens (tertiary/aromatic N) is 2. The Morgan fingerprint density at radius 1 is 1.06 bits per heavy atom. The van der Waals surface area contributed by atoms with Gasteiger partial charge in [0.25, 0.3) is 0 Å². The average molecular weight is 226 g/mol. The van der Waals surface area contributed by atoms with E-state index >= 15 is 0 Å². The molecule has 0 unspecified atom stereocenters. The molecular formula is C13H10N2S. The zero-order valence-corrected chi connectivity index (χ0v) is 9.66. The third kappa shape index (κ3) is 1.49. The predicted molar refractivity (Wildman–Crippen MR) is 67.6 cm³/mol. The summed E-state index contributed by atoms with van der Waals surface area (Å²) in [7, 11) is 0. The minimum absolute atomic E-state index is 1.04. The molecule has 78 valence electrons. The highest BCUT2D eigenvalue weighted by Crippen LogP contribution is 2.32. The summed E-state index contributed by atoms with van der Waals surface area (Å²) >= 11 is 1.71. The summed E-state index contributed by atoms with van der Waals surface area (Å²) in [6, 6.07) is 12.5. The highest BCUT2D eigenvalue weighted by atomic mass is 32.1. The van der Waals surface area contributed by atoms with Crippen LogP contribution in [-0.2, 0) is 0 Å². The summed E-state index contributed by atoms with van der Waals surface area (Å²) in [5.41, 5.74) is 2.29. The van der Waals surface area contributed by atoms with E-state index in [1.54, 1.807) is 17.7 Å². The Labute approximate surface area is 97.6 Å². The smallest absolute Gasteiger partial charge is 0.127 e. The van der Waals surface area contributed by atoms with E-state index in [1.165, 1.54) is 10.4 Å². The molecule has 0 atom stereocenters. The van der Waals surface area contributed by atoms with E-state index in [2.05, 4.69) is 40.3 Å². The van der Waals surface area contributed by atoms with E-state index in [-0.39, 0.29) is 0 Å². The van der Waals surface area contributed by atoms with Crippen LogP contribution in [-0.4, -0.2) is 9.97 Å². The molecule has 0 aliphatic heterocycles. The van der Waals surface area contributed by atoms with Crippen molar-refractivity contribution in [2.75, 3.05) is 0 Å². The standard InChI is InChI=1S/C13H10N2S/c1-9-11-7-12(10-5-3-2-4-6-10)16-13(11)15-8-14-9/h2-8H,1H3. The van der Waals surface area contributed by atoms with Crippen LogP contribution >= 0.6 is 11.3 Å². The lowest BCUT2D eigenvalue weighted by atomic mass is 10.2. The van der Waals surface area contributed by atoms with Crippen LogP contribution in [0.3, 0.4) is 0 Å². The maximum atomic E-state index is 4.30. The van der Waals surface area contributed by atoms with E-state index in [4.69, 9.17) is 0 Å². The SMILES string of the molecule is Cc1ncnc2sc(-c3ccccc3)cc12. The van der Waals surface area contributed by atoms with Gasteiger partial charge in [-0.2, -0.15) is 0 Å². The molecule has 3 heteroatoms. The number of thiophene rings is 1. The van der Waals surface area contributed by atoms with E-state index < -0.39 is 0 Å². The zero-order valence-electron chi connectivity index (χ0n) is 8.84. The van der Waals surface area contributed by atoms with Crippen molar-refractivity contribution >= 4 is 21.6 Å². The molecule has 2 nitrogen and oxygen atoms in total. The van der Waals surface area contributed by atoms with Gasteiger partial charge in [0.1, 0.15) is 11.2 Å². The van der Waals surface area contributed by atoms with Crippen molar-refractivity contribution in [3.63, 3.8) is 0 Å². The van der Waals surface area contributed by atoms with E-state index in [0.717, 1.165) is 15.9 Å². The topological polar surface area (TPSA) is 25.8 Å². The van der Waals surface area contributed by atoms with Gasteiger partial charge >= 0.3 is 0 Å². The van der Waals surface area contributed by atoms with Crippen molar-refractivity contribution in [2.24, 2.45) is 0 Å². The highest BCUT2D eigenvalue weighted by Gasteiger charge is 2.06. The lowest BCUT2D eigenvalue weighted by Gasteiger charge is -1.93. The Morgan fingerprint density at radius 3 is 2.62 bits per heavy atom. The van der Waals surface area contributed by atoms with Crippen LogP contribution in [0.25, 0.3) is 20.7 Å². The first-order valence-electron chi connectivity index (χ1n) is 5.11. The van der Waals surface area contributed by atoms with Crippen LogP contribution in [0, 0.1) is 6.92 Å². The maximum absolute atomic E-state index is 4.30. The summed E-state index contributed by atoms with van der Waals surface area (Å²) in [6.45, 7) is 2.02. The van der Waals surface area contributed by atoms with Crippen LogP contribution in [0.4, 0.5) is 0 Å². The fourth-order valence-electron chi connectivity index (χ4n) is 1.72. The van der Waals surface area contributed by atoms with Crippen LogP contribution in [0.15, 0.2) is 42.7 Å². The number of rotatable bonds is 1. The molecule has 2 aromatic heterocycles. The van der Waals surface area contributed by atoms with Crippen molar-refractivity contribution in [3.8, 4) is 10.4 Å². The molecule has 3 rings (SSSR count). The van der Waals surface area contributed by atoms with Crippen LogP contribution in [0.5, 0.6) is 0 Å². The molecule has 0 N–H and O–H groups in total. The van der Waals surface area contributed by atoms with Gasteiger partial charge in [-0.15, -0.1) is 11.3 Å². The Kier molecular flexibility index (Phi) is 2.18. The minimum Gasteiger partial charge on any atom is -0.241 e. The Balaban J connectivity index is 2.23. The molecule has 0 radical (unpaired) electrons. The zero-order chi connectivity index (χ0) is 11.0. The second kappa shape index (κ2) is 3.68. The first-order valence-corrected chi connectivity index (χ1v) is 5.93. The van der Waals surface area contributed by atoms with Crippen LogP contribution in [0.1, 0.15) is 5.69 Å². The van der Waals surface area contributed by atoms with Crippen molar-refractivity contribution in [1.29, 1.82) is 0 Å². The molecule has 0 aliphatic rings. The van der Waals surface area contributed by atoms with E-state index in [9.17, 15) is 0 Å². The maximum Gasteiger partial charge on any atom is 0.127 e. The van der Waals surface area contributed by atoms with Gasteiger partial charge in [0, 0.05) is 16.0 Å². The normalized spacial score (nSPS) is 10.8. The lowest BCUT2D eigenvalue weighted by Crippen LogP contribution is -1.81. The summed E-state index contributed by atoms with van der Waals surface area (Å²) in [6.07, 6.45) is 1.63. The van der Waals surface area contributed by atoms with Crippen molar-refractivity contribution in [3.05, 3.63) is 48.4 Å². The molecule has 1 aromatic carbocycles. The molecule has 3 aromatic rings. The number of hydrogen-bond donors (Lipinski definition) is 0. The van der Waals surface area contributed by atoms with Crippen molar-refractivity contribution < 1.29 is 0 Å². The molecule has 0 fully saturated rings. The minimum atomic E-state index is 1.04. The number of hydrogen-bond acceptors (Lipinski definition) is 3. The fraction of sp³-hybridized carbons (Fsp3) is 0.0769. The van der Waals surface area contributed by atoms with Crippen molar-refractivity contribution in [1.82, 2.24) is 9.97 Å². The summed E-state index contributed by atoms with van der Waals surface area (Å²) in [5.74, 6) is 0.